The Morgan fingerprint density at radius 3 is 2.30 bits per heavy atom. The Labute approximate surface area is 134 Å². The number of nitrogens with one attached hydrogen (secondary N) is 3. The Balaban J connectivity index is 2.05. The Morgan fingerprint density at radius 2 is 1.70 bits per heavy atom. The van der Waals surface area contributed by atoms with Crippen molar-refractivity contribution in [1.82, 2.24) is 5.32 Å². The topological polar surface area (TPSA) is 79.5 Å². The molecule has 0 spiro atoms. The number of anilines is 2. The third-order valence-corrected chi connectivity index (χ3v) is 3.24. The average molecular weight is 313 g/mol. The second kappa shape index (κ2) is 7.31. The van der Waals surface area contributed by atoms with Gasteiger partial charge in [-0.15, -0.1) is 0 Å². The van der Waals surface area contributed by atoms with Crippen molar-refractivity contribution in [3.05, 3.63) is 53.6 Å². The maximum Gasteiger partial charge on any atom is 0.323 e. The lowest BCUT2D eigenvalue weighted by Crippen LogP contribution is -2.20. The number of rotatable bonds is 4. The second-order valence-electron chi connectivity index (χ2n) is 4.94. The molecule has 0 fully saturated rings. The molecule has 2 aromatic rings. The van der Waals surface area contributed by atoms with Crippen LogP contribution in [0.2, 0.25) is 0 Å². The van der Waals surface area contributed by atoms with Gasteiger partial charge in [0.15, 0.2) is 0 Å². The summed E-state index contributed by atoms with van der Waals surface area (Å²) in [6.45, 7) is 1.93. The Hall–Kier alpha value is -3.02. The van der Waals surface area contributed by atoms with Gasteiger partial charge in [0, 0.05) is 18.3 Å². The normalized spacial score (nSPS) is 9.87. The lowest BCUT2D eigenvalue weighted by Gasteiger charge is -2.12. The number of aryl methyl sites for hydroxylation is 1. The maximum atomic E-state index is 12.1. The van der Waals surface area contributed by atoms with Gasteiger partial charge in [-0.2, -0.15) is 0 Å². The summed E-state index contributed by atoms with van der Waals surface area (Å²) >= 11 is 0. The minimum atomic E-state index is -0.387. The summed E-state index contributed by atoms with van der Waals surface area (Å²) < 4.78 is 5.22. The molecule has 2 rings (SSSR count). The average Bonchev–Trinajstić information content (AvgIpc) is 2.55. The number of hydrogen-bond acceptors (Lipinski definition) is 3. The van der Waals surface area contributed by atoms with Crippen LogP contribution in [-0.4, -0.2) is 26.1 Å². The first-order valence-electron chi connectivity index (χ1n) is 7.08. The SMILES string of the molecule is CNC(=O)c1ccc(NC(=O)Nc2cc(C)ccc2OC)cc1. The molecule has 3 N–H and O–H groups in total. The smallest absolute Gasteiger partial charge is 0.323 e. The molecular formula is C17H19N3O3. The van der Waals surface area contributed by atoms with E-state index in [1.54, 1.807) is 44.5 Å². The fourth-order valence-electron chi connectivity index (χ4n) is 2.05. The van der Waals surface area contributed by atoms with Crippen molar-refractivity contribution in [2.24, 2.45) is 0 Å². The van der Waals surface area contributed by atoms with Crippen LogP contribution in [0, 0.1) is 6.92 Å². The van der Waals surface area contributed by atoms with Gasteiger partial charge in [-0.25, -0.2) is 4.79 Å². The van der Waals surface area contributed by atoms with E-state index in [1.165, 1.54) is 0 Å². The zero-order valence-electron chi connectivity index (χ0n) is 13.3. The molecule has 120 valence electrons. The van der Waals surface area contributed by atoms with Crippen LogP contribution < -0.4 is 20.7 Å². The lowest BCUT2D eigenvalue weighted by molar-refractivity contribution is 0.0963. The summed E-state index contributed by atoms with van der Waals surface area (Å²) in [4.78, 5) is 23.5. The highest BCUT2D eigenvalue weighted by Gasteiger charge is 2.09. The molecule has 6 heteroatoms. The van der Waals surface area contributed by atoms with E-state index in [0.717, 1.165) is 5.56 Å². The van der Waals surface area contributed by atoms with E-state index in [2.05, 4.69) is 16.0 Å². The van der Waals surface area contributed by atoms with E-state index in [1.807, 2.05) is 19.1 Å². The fraction of sp³-hybridized carbons (Fsp3) is 0.176. The summed E-state index contributed by atoms with van der Waals surface area (Å²) in [5, 5.41) is 7.99. The minimum absolute atomic E-state index is 0.175. The first-order chi connectivity index (χ1) is 11.0. The van der Waals surface area contributed by atoms with Crippen molar-refractivity contribution in [2.75, 3.05) is 24.8 Å². The largest absolute Gasteiger partial charge is 0.495 e. The van der Waals surface area contributed by atoms with Gasteiger partial charge in [0.1, 0.15) is 5.75 Å². The molecule has 6 nitrogen and oxygen atoms in total. The van der Waals surface area contributed by atoms with Gasteiger partial charge in [-0.1, -0.05) is 6.07 Å². The minimum Gasteiger partial charge on any atom is -0.495 e. The number of hydrogen-bond donors (Lipinski definition) is 3. The van der Waals surface area contributed by atoms with Gasteiger partial charge in [-0.05, 0) is 48.9 Å². The molecule has 0 aromatic heterocycles. The molecule has 23 heavy (non-hydrogen) atoms. The van der Waals surface area contributed by atoms with Crippen molar-refractivity contribution in [2.45, 2.75) is 6.92 Å². The third kappa shape index (κ3) is 4.23. The molecule has 0 aliphatic carbocycles. The Morgan fingerprint density at radius 1 is 1.00 bits per heavy atom. The van der Waals surface area contributed by atoms with Crippen LogP contribution in [0.5, 0.6) is 5.75 Å². The van der Waals surface area contributed by atoms with Crippen molar-refractivity contribution in [1.29, 1.82) is 0 Å². The van der Waals surface area contributed by atoms with Gasteiger partial charge >= 0.3 is 6.03 Å². The van der Waals surface area contributed by atoms with Gasteiger partial charge in [-0.3, -0.25) is 4.79 Å². The van der Waals surface area contributed by atoms with Crippen LogP contribution >= 0.6 is 0 Å². The highest BCUT2D eigenvalue weighted by Crippen LogP contribution is 2.25. The molecule has 0 atom stereocenters. The van der Waals surface area contributed by atoms with Crippen LogP contribution in [0.1, 0.15) is 15.9 Å². The number of carbonyl (C=O) groups excluding carboxylic acids is 2. The van der Waals surface area contributed by atoms with E-state index in [0.29, 0.717) is 22.7 Å². The molecule has 0 saturated carbocycles. The number of ether oxygens (including phenoxy) is 1. The molecule has 0 aliphatic rings. The first-order valence-corrected chi connectivity index (χ1v) is 7.08. The summed E-state index contributed by atoms with van der Waals surface area (Å²) in [6.07, 6.45) is 0. The highest BCUT2D eigenvalue weighted by molar-refractivity contribution is 6.01. The summed E-state index contributed by atoms with van der Waals surface area (Å²) in [6, 6.07) is 11.7. The molecule has 0 unspecified atom stereocenters. The third-order valence-electron chi connectivity index (χ3n) is 3.24. The van der Waals surface area contributed by atoms with Gasteiger partial charge in [0.05, 0.1) is 12.8 Å². The van der Waals surface area contributed by atoms with E-state index in [-0.39, 0.29) is 11.9 Å². The summed E-state index contributed by atoms with van der Waals surface area (Å²) in [5.74, 6) is 0.409. The summed E-state index contributed by atoms with van der Waals surface area (Å²) in [7, 11) is 3.11. The molecule has 0 bridgehead atoms. The van der Waals surface area contributed by atoms with Crippen molar-refractivity contribution in [3.8, 4) is 5.75 Å². The zero-order chi connectivity index (χ0) is 16.8. The zero-order valence-corrected chi connectivity index (χ0v) is 13.3. The number of benzene rings is 2. The molecule has 0 heterocycles. The monoisotopic (exact) mass is 313 g/mol. The fourth-order valence-corrected chi connectivity index (χ4v) is 2.05. The Bertz CT molecular complexity index is 712. The predicted octanol–water partition coefficient (Wildman–Crippen LogP) is 3.01. The van der Waals surface area contributed by atoms with Crippen LogP contribution in [0.3, 0.4) is 0 Å². The molecule has 0 radical (unpaired) electrons. The van der Waals surface area contributed by atoms with Crippen LogP contribution in [0.25, 0.3) is 0 Å². The van der Waals surface area contributed by atoms with E-state index in [9.17, 15) is 9.59 Å². The predicted molar refractivity (Wildman–Crippen MR) is 90.2 cm³/mol. The molecular weight excluding hydrogens is 294 g/mol. The quantitative estimate of drug-likeness (QED) is 0.812. The molecule has 0 saturated heterocycles. The van der Waals surface area contributed by atoms with Crippen molar-refractivity contribution in [3.63, 3.8) is 0 Å². The van der Waals surface area contributed by atoms with Gasteiger partial charge in [0.2, 0.25) is 0 Å². The van der Waals surface area contributed by atoms with Crippen molar-refractivity contribution < 1.29 is 14.3 Å². The first kappa shape index (κ1) is 16.4. The number of amides is 3. The molecule has 0 aliphatic heterocycles. The van der Waals surface area contributed by atoms with E-state index >= 15 is 0 Å². The van der Waals surface area contributed by atoms with Crippen LogP contribution in [0.4, 0.5) is 16.2 Å². The van der Waals surface area contributed by atoms with E-state index < -0.39 is 0 Å². The van der Waals surface area contributed by atoms with Crippen LogP contribution in [-0.2, 0) is 0 Å². The maximum absolute atomic E-state index is 12.1. The number of urea groups is 1. The van der Waals surface area contributed by atoms with Gasteiger partial charge in [0.25, 0.3) is 5.91 Å². The van der Waals surface area contributed by atoms with Crippen molar-refractivity contribution >= 4 is 23.3 Å². The molecule has 3 amide bonds. The van der Waals surface area contributed by atoms with Crippen LogP contribution in [0.15, 0.2) is 42.5 Å². The van der Waals surface area contributed by atoms with Gasteiger partial charge < -0.3 is 20.7 Å². The number of methoxy groups -OCH3 is 1. The standard InChI is InChI=1S/C17H19N3O3/c1-11-4-9-15(23-3)14(10-11)20-17(22)19-13-7-5-12(6-8-13)16(21)18-2/h4-10H,1-3H3,(H,18,21)(H2,19,20,22). The highest BCUT2D eigenvalue weighted by atomic mass is 16.5. The second-order valence-corrected chi connectivity index (χ2v) is 4.94. The molecule has 2 aromatic carbocycles. The lowest BCUT2D eigenvalue weighted by atomic mass is 10.2. The van der Waals surface area contributed by atoms with E-state index in [4.69, 9.17) is 4.74 Å². The summed E-state index contributed by atoms with van der Waals surface area (Å²) in [5.41, 5.74) is 2.71. The Kier molecular flexibility index (Phi) is 5.19. The number of carbonyl (C=O) groups is 2.